The summed E-state index contributed by atoms with van der Waals surface area (Å²) in [5, 5.41) is 8.66. The van der Waals surface area contributed by atoms with Gasteiger partial charge in [-0.2, -0.15) is 0 Å². The summed E-state index contributed by atoms with van der Waals surface area (Å²) < 4.78 is 0. The first-order valence-corrected chi connectivity index (χ1v) is 6.98. The molecule has 1 aliphatic rings. The van der Waals surface area contributed by atoms with Gasteiger partial charge in [0.1, 0.15) is 5.69 Å². The Morgan fingerprint density at radius 3 is 2.85 bits per heavy atom. The topological polar surface area (TPSA) is 53.4 Å². The van der Waals surface area contributed by atoms with E-state index in [1.165, 1.54) is 0 Å². The Kier molecular flexibility index (Phi) is 4.75. The van der Waals surface area contributed by atoms with E-state index >= 15 is 0 Å². The zero-order chi connectivity index (χ0) is 14.5. The number of amides is 1. The molecule has 2 heterocycles. The fourth-order valence-corrected chi connectivity index (χ4v) is 2.54. The van der Waals surface area contributed by atoms with Gasteiger partial charge in [-0.1, -0.05) is 18.8 Å². The highest BCUT2D eigenvalue weighted by atomic mass is 16.2. The molecule has 0 saturated carbocycles. The first-order chi connectivity index (χ1) is 9.61. The van der Waals surface area contributed by atoms with Crippen LogP contribution in [0.5, 0.6) is 0 Å². The van der Waals surface area contributed by atoms with Crippen LogP contribution in [0.4, 0.5) is 0 Å². The maximum atomic E-state index is 12.4. The van der Waals surface area contributed by atoms with Crippen molar-refractivity contribution in [3.05, 3.63) is 29.6 Å². The number of aliphatic hydroxyl groups excluding tert-OH is 1. The zero-order valence-corrected chi connectivity index (χ0v) is 12.0. The molecule has 4 heteroatoms. The number of aromatic nitrogens is 1. The van der Waals surface area contributed by atoms with Gasteiger partial charge in [0.25, 0.3) is 5.91 Å². The Morgan fingerprint density at radius 1 is 1.50 bits per heavy atom. The summed E-state index contributed by atoms with van der Waals surface area (Å²) in [5.41, 5.74) is 1.23. The average Bonchev–Trinajstić information content (AvgIpc) is 2.78. The third-order valence-electron chi connectivity index (χ3n) is 3.50. The molecule has 1 aliphatic heterocycles. The molecule has 1 aromatic rings. The molecule has 4 nitrogen and oxygen atoms in total. The molecule has 1 fully saturated rings. The van der Waals surface area contributed by atoms with E-state index in [4.69, 9.17) is 5.11 Å². The van der Waals surface area contributed by atoms with Gasteiger partial charge in [-0.15, -0.1) is 0 Å². The number of nitrogens with zero attached hydrogens (tertiary/aromatic N) is 2. The molecule has 2 atom stereocenters. The highest BCUT2D eigenvalue weighted by Gasteiger charge is 2.30. The molecule has 0 bridgehead atoms. The maximum Gasteiger partial charge on any atom is 0.272 e. The molecule has 1 saturated heterocycles. The van der Waals surface area contributed by atoms with Crippen LogP contribution in [0.15, 0.2) is 18.3 Å². The van der Waals surface area contributed by atoms with E-state index in [0.29, 0.717) is 18.0 Å². The second-order valence-corrected chi connectivity index (χ2v) is 5.35. The van der Waals surface area contributed by atoms with Crippen molar-refractivity contribution in [2.45, 2.75) is 32.7 Å². The van der Waals surface area contributed by atoms with Crippen molar-refractivity contribution in [3.63, 3.8) is 0 Å². The van der Waals surface area contributed by atoms with Crippen LogP contribution >= 0.6 is 0 Å². The Hall–Kier alpha value is -1.86. The molecule has 106 valence electrons. The predicted octanol–water partition coefficient (Wildman–Crippen LogP) is 1.69. The number of hydrogen-bond donors (Lipinski definition) is 1. The van der Waals surface area contributed by atoms with Crippen LogP contribution < -0.4 is 0 Å². The number of pyridine rings is 1. The van der Waals surface area contributed by atoms with Crippen LogP contribution in [-0.4, -0.2) is 40.1 Å². The summed E-state index contributed by atoms with van der Waals surface area (Å²) in [7, 11) is 0. The standard InChI is InChI=1S/C16H20N2O2/c1-12-9-13(2)18(11-12)16(20)15-7-6-14(10-17-15)5-3-4-8-19/h6-7,10,12-13,19H,4,8-9,11H2,1-2H3. The van der Waals surface area contributed by atoms with Gasteiger partial charge in [0, 0.05) is 30.8 Å². The van der Waals surface area contributed by atoms with Gasteiger partial charge >= 0.3 is 0 Å². The lowest BCUT2D eigenvalue weighted by Gasteiger charge is -2.20. The molecule has 1 aromatic heterocycles. The number of rotatable bonds is 2. The second-order valence-electron chi connectivity index (χ2n) is 5.35. The second kappa shape index (κ2) is 6.53. The fourth-order valence-electron chi connectivity index (χ4n) is 2.54. The van der Waals surface area contributed by atoms with Crippen LogP contribution in [0.25, 0.3) is 0 Å². The summed E-state index contributed by atoms with van der Waals surface area (Å²) in [6, 6.07) is 3.80. The number of carbonyl (C=O) groups excluding carboxylic acids is 1. The van der Waals surface area contributed by atoms with E-state index in [0.717, 1.165) is 18.5 Å². The van der Waals surface area contributed by atoms with Crippen molar-refractivity contribution in [2.75, 3.05) is 13.2 Å². The van der Waals surface area contributed by atoms with Crippen LogP contribution in [0, 0.1) is 17.8 Å². The lowest BCUT2D eigenvalue weighted by molar-refractivity contribution is 0.0738. The minimum absolute atomic E-state index is 0.00304. The van der Waals surface area contributed by atoms with Gasteiger partial charge < -0.3 is 10.0 Å². The van der Waals surface area contributed by atoms with E-state index in [9.17, 15) is 4.79 Å². The normalized spacial score (nSPS) is 21.4. The SMILES string of the molecule is CC1CC(C)N(C(=O)c2ccc(C#CCCO)cn2)C1. The highest BCUT2D eigenvalue weighted by molar-refractivity contribution is 5.92. The lowest BCUT2D eigenvalue weighted by Crippen LogP contribution is -2.34. The summed E-state index contributed by atoms with van der Waals surface area (Å²) in [6.45, 7) is 5.11. The van der Waals surface area contributed by atoms with Gasteiger partial charge in [-0.25, -0.2) is 4.98 Å². The Morgan fingerprint density at radius 2 is 2.30 bits per heavy atom. The molecule has 0 spiro atoms. The van der Waals surface area contributed by atoms with Gasteiger partial charge in [0.05, 0.1) is 6.61 Å². The lowest BCUT2D eigenvalue weighted by atomic mass is 10.1. The number of carbonyl (C=O) groups is 1. The third-order valence-corrected chi connectivity index (χ3v) is 3.50. The van der Waals surface area contributed by atoms with Gasteiger partial charge in [0.2, 0.25) is 0 Å². The summed E-state index contributed by atoms with van der Waals surface area (Å²) >= 11 is 0. The molecular formula is C16H20N2O2. The summed E-state index contributed by atoms with van der Waals surface area (Å²) in [5.74, 6) is 6.28. The van der Waals surface area contributed by atoms with Crippen molar-refractivity contribution < 1.29 is 9.90 Å². The maximum absolute atomic E-state index is 12.4. The zero-order valence-electron chi connectivity index (χ0n) is 12.0. The Balaban J connectivity index is 2.07. The van der Waals surface area contributed by atoms with Crippen molar-refractivity contribution in [2.24, 2.45) is 5.92 Å². The van der Waals surface area contributed by atoms with Crippen molar-refractivity contribution in [3.8, 4) is 11.8 Å². The molecule has 1 amide bonds. The Bertz CT molecular complexity index is 528. The molecule has 20 heavy (non-hydrogen) atoms. The highest BCUT2D eigenvalue weighted by Crippen LogP contribution is 2.23. The van der Waals surface area contributed by atoms with Gasteiger partial charge in [0.15, 0.2) is 0 Å². The Labute approximate surface area is 119 Å². The van der Waals surface area contributed by atoms with Crippen LogP contribution in [0.1, 0.15) is 42.7 Å². The quantitative estimate of drug-likeness (QED) is 0.834. The molecule has 0 radical (unpaired) electrons. The van der Waals surface area contributed by atoms with Crippen molar-refractivity contribution in [1.82, 2.24) is 9.88 Å². The molecule has 2 unspecified atom stereocenters. The van der Waals surface area contributed by atoms with E-state index in [2.05, 4.69) is 30.7 Å². The number of likely N-dealkylation sites (tertiary alicyclic amines) is 1. The van der Waals surface area contributed by atoms with Gasteiger partial charge in [-0.3, -0.25) is 4.79 Å². The van der Waals surface area contributed by atoms with E-state index < -0.39 is 0 Å². The smallest absolute Gasteiger partial charge is 0.272 e. The van der Waals surface area contributed by atoms with Crippen LogP contribution in [-0.2, 0) is 0 Å². The number of hydrogen-bond acceptors (Lipinski definition) is 3. The predicted molar refractivity (Wildman–Crippen MR) is 77.1 cm³/mol. The summed E-state index contributed by atoms with van der Waals surface area (Å²) in [4.78, 5) is 18.5. The first-order valence-electron chi connectivity index (χ1n) is 6.98. The minimum Gasteiger partial charge on any atom is -0.395 e. The van der Waals surface area contributed by atoms with E-state index in [1.807, 2.05) is 4.90 Å². The van der Waals surface area contributed by atoms with E-state index in [-0.39, 0.29) is 18.6 Å². The summed E-state index contributed by atoms with van der Waals surface area (Å²) in [6.07, 6.45) is 3.11. The molecule has 0 aromatic carbocycles. The largest absolute Gasteiger partial charge is 0.395 e. The monoisotopic (exact) mass is 272 g/mol. The van der Waals surface area contributed by atoms with Crippen molar-refractivity contribution in [1.29, 1.82) is 0 Å². The number of aliphatic hydroxyl groups is 1. The van der Waals surface area contributed by atoms with Crippen LogP contribution in [0.2, 0.25) is 0 Å². The first kappa shape index (κ1) is 14.5. The molecule has 2 rings (SSSR count). The minimum atomic E-state index is -0.00304. The average molecular weight is 272 g/mol. The fraction of sp³-hybridized carbons (Fsp3) is 0.500. The molecule has 1 N–H and O–H groups in total. The van der Waals surface area contributed by atoms with Gasteiger partial charge in [-0.05, 0) is 31.4 Å². The molecule has 0 aliphatic carbocycles. The third kappa shape index (κ3) is 3.37. The van der Waals surface area contributed by atoms with E-state index in [1.54, 1.807) is 18.3 Å². The van der Waals surface area contributed by atoms with Crippen molar-refractivity contribution >= 4 is 5.91 Å². The molecular weight excluding hydrogens is 252 g/mol. The van der Waals surface area contributed by atoms with Crippen LogP contribution in [0.3, 0.4) is 0 Å².